The molecule has 1 fully saturated rings. The molecular formula is C16H31N3O2. The molecule has 1 unspecified atom stereocenters. The highest BCUT2D eigenvalue weighted by Crippen LogP contribution is 2.38. The topological polar surface area (TPSA) is 75.4 Å². The molecule has 21 heavy (non-hydrogen) atoms. The monoisotopic (exact) mass is 297 g/mol. The van der Waals surface area contributed by atoms with Crippen molar-refractivity contribution >= 4 is 11.8 Å². The van der Waals surface area contributed by atoms with Crippen molar-refractivity contribution in [2.24, 2.45) is 11.1 Å². The lowest BCUT2D eigenvalue weighted by atomic mass is 9.71. The molecular weight excluding hydrogens is 266 g/mol. The molecule has 0 aromatic heterocycles. The summed E-state index contributed by atoms with van der Waals surface area (Å²) < 4.78 is 0. The fourth-order valence-corrected chi connectivity index (χ4v) is 3.26. The maximum absolute atomic E-state index is 12.3. The van der Waals surface area contributed by atoms with Gasteiger partial charge in [-0.25, -0.2) is 0 Å². The van der Waals surface area contributed by atoms with Gasteiger partial charge in [-0.15, -0.1) is 0 Å². The Morgan fingerprint density at radius 2 is 1.76 bits per heavy atom. The number of hydrogen-bond acceptors (Lipinski definition) is 3. The van der Waals surface area contributed by atoms with E-state index in [1.54, 1.807) is 11.8 Å². The van der Waals surface area contributed by atoms with Gasteiger partial charge >= 0.3 is 0 Å². The van der Waals surface area contributed by atoms with Gasteiger partial charge in [0.25, 0.3) is 0 Å². The number of carbonyl (C=O) groups excluding carboxylic acids is 2. The van der Waals surface area contributed by atoms with E-state index in [1.165, 1.54) is 6.42 Å². The van der Waals surface area contributed by atoms with Crippen LogP contribution >= 0.6 is 0 Å². The molecule has 1 aliphatic carbocycles. The average Bonchev–Trinajstić information content (AvgIpc) is 2.49. The van der Waals surface area contributed by atoms with Crippen molar-refractivity contribution in [3.05, 3.63) is 0 Å². The van der Waals surface area contributed by atoms with Crippen LogP contribution in [0.1, 0.15) is 59.3 Å². The Hall–Kier alpha value is -1.10. The molecule has 2 amide bonds. The zero-order chi connectivity index (χ0) is 15.9. The lowest BCUT2D eigenvalue weighted by Gasteiger charge is -2.36. The fraction of sp³-hybridized carbons (Fsp3) is 0.875. The largest absolute Gasteiger partial charge is 0.345 e. The standard InChI is InChI=1S/C16H31N3O2/c1-4-19(5-2)15(21)13(3)18-14(20)11-16(12-17)9-7-6-8-10-16/h13H,4-12,17H2,1-3H3,(H,18,20). The minimum absolute atomic E-state index is 0.0150. The molecule has 5 nitrogen and oxygen atoms in total. The Labute approximate surface area is 128 Å². The Morgan fingerprint density at radius 3 is 2.24 bits per heavy atom. The Morgan fingerprint density at radius 1 is 1.19 bits per heavy atom. The highest BCUT2D eigenvalue weighted by atomic mass is 16.2. The van der Waals surface area contributed by atoms with E-state index in [4.69, 9.17) is 5.73 Å². The molecule has 1 saturated carbocycles. The molecule has 122 valence electrons. The molecule has 1 atom stereocenters. The van der Waals surface area contributed by atoms with Crippen LogP contribution in [0.15, 0.2) is 0 Å². The second-order valence-electron chi connectivity index (χ2n) is 6.24. The minimum Gasteiger partial charge on any atom is -0.345 e. The van der Waals surface area contributed by atoms with Crippen LogP contribution < -0.4 is 11.1 Å². The van der Waals surface area contributed by atoms with E-state index in [2.05, 4.69) is 5.32 Å². The van der Waals surface area contributed by atoms with Gasteiger partial charge in [-0.2, -0.15) is 0 Å². The van der Waals surface area contributed by atoms with Crippen LogP contribution in [0.2, 0.25) is 0 Å². The zero-order valence-corrected chi connectivity index (χ0v) is 13.8. The molecule has 1 rings (SSSR count). The summed E-state index contributed by atoms with van der Waals surface area (Å²) in [6.07, 6.45) is 6.03. The average molecular weight is 297 g/mol. The molecule has 0 radical (unpaired) electrons. The minimum atomic E-state index is -0.462. The lowest BCUT2D eigenvalue weighted by Crippen LogP contribution is -2.48. The molecule has 0 spiro atoms. The number of nitrogens with zero attached hydrogens (tertiary/aromatic N) is 1. The smallest absolute Gasteiger partial charge is 0.244 e. The number of hydrogen-bond donors (Lipinski definition) is 2. The highest BCUT2D eigenvalue weighted by Gasteiger charge is 2.33. The van der Waals surface area contributed by atoms with Crippen LogP contribution in [-0.4, -0.2) is 42.4 Å². The Kier molecular flexibility index (Phi) is 7.15. The van der Waals surface area contributed by atoms with Gasteiger partial charge in [0.05, 0.1) is 0 Å². The van der Waals surface area contributed by atoms with Crippen LogP contribution in [-0.2, 0) is 9.59 Å². The summed E-state index contributed by atoms with van der Waals surface area (Å²) in [4.78, 5) is 26.2. The van der Waals surface area contributed by atoms with Gasteiger partial charge in [0.1, 0.15) is 6.04 Å². The predicted octanol–water partition coefficient (Wildman–Crippen LogP) is 1.66. The van der Waals surface area contributed by atoms with Crippen LogP contribution in [0.3, 0.4) is 0 Å². The molecule has 0 aromatic carbocycles. The van der Waals surface area contributed by atoms with Gasteiger partial charge in [-0.05, 0) is 45.6 Å². The summed E-state index contributed by atoms with van der Waals surface area (Å²) in [5.74, 6) is -0.0610. The molecule has 3 N–H and O–H groups in total. The van der Waals surface area contributed by atoms with Gasteiger partial charge in [0.15, 0.2) is 0 Å². The lowest BCUT2D eigenvalue weighted by molar-refractivity contribution is -0.136. The van der Waals surface area contributed by atoms with Crippen molar-refractivity contribution in [3.63, 3.8) is 0 Å². The highest BCUT2D eigenvalue weighted by molar-refractivity contribution is 5.87. The summed E-state index contributed by atoms with van der Waals surface area (Å²) in [5, 5.41) is 2.85. The molecule has 0 saturated heterocycles. The number of likely N-dealkylation sites (N-methyl/N-ethyl adjacent to an activating group) is 1. The van der Waals surface area contributed by atoms with Crippen LogP contribution in [0.4, 0.5) is 0 Å². The zero-order valence-electron chi connectivity index (χ0n) is 13.8. The summed E-state index contributed by atoms with van der Waals surface area (Å²) >= 11 is 0. The van der Waals surface area contributed by atoms with Crippen molar-refractivity contribution in [1.82, 2.24) is 10.2 Å². The second kappa shape index (κ2) is 8.37. The predicted molar refractivity (Wildman–Crippen MR) is 84.7 cm³/mol. The first-order valence-electron chi connectivity index (χ1n) is 8.26. The second-order valence-corrected chi connectivity index (χ2v) is 6.24. The number of carbonyl (C=O) groups is 2. The number of nitrogens with one attached hydrogen (secondary N) is 1. The van der Waals surface area contributed by atoms with Crippen LogP contribution in [0.5, 0.6) is 0 Å². The summed E-state index contributed by atoms with van der Waals surface area (Å²) in [6.45, 7) is 7.54. The van der Waals surface area contributed by atoms with E-state index in [0.29, 0.717) is 26.1 Å². The van der Waals surface area contributed by atoms with E-state index in [1.807, 2.05) is 13.8 Å². The van der Waals surface area contributed by atoms with Crippen molar-refractivity contribution in [1.29, 1.82) is 0 Å². The quantitative estimate of drug-likeness (QED) is 0.750. The number of amides is 2. The SMILES string of the molecule is CCN(CC)C(=O)C(C)NC(=O)CC1(CN)CCCCC1. The van der Waals surface area contributed by atoms with Gasteiger partial charge in [0.2, 0.25) is 11.8 Å². The van der Waals surface area contributed by atoms with Crippen LogP contribution in [0.25, 0.3) is 0 Å². The van der Waals surface area contributed by atoms with Gasteiger partial charge in [0, 0.05) is 19.5 Å². The Balaban J connectivity index is 2.53. The van der Waals surface area contributed by atoms with Crippen molar-refractivity contribution < 1.29 is 9.59 Å². The first kappa shape index (κ1) is 18.0. The maximum Gasteiger partial charge on any atom is 0.244 e. The third-order valence-corrected chi connectivity index (χ3v) is 4.71. The summed E-state index contributed by atoms with van der Waals surface area (Å²) in [5.41, 5.74) is 5.86. The first-order chi connectivity index (χ1) is 9.98. The molecule has 0 heterocycles. The maximum atomic E-state index is 12.3. The van der Waals surface area contributed by atoms with Crippen LogP contribution in [0, 0.1) is 5.41 Å². The molecule has 1 aliphatic rings. The van der Waals surface area contributed by atoms with Crippen molar-refractivity contribution in [2.75, 3.05) is 19.6 Å². The molecule has 0 bridgehead atoms. The number of rotatable bonds is 7. The summed E-state index contributed by atoms with van der Waals surface area (Å²) in [7, 11) is 0. The molecule has 5 heteroatoms. The van der Waals surface area contributed by atoms with Gasteiger partial charge < -0.3 is 16.0 Å². The van der Waals surface area contributed by atoms with Crippen molar-refractivity contribution in [2.45, 2.75) is 65.3 Å². The van der Waals surface area contributed by atoms with Gasteiger partial charge in [-0.3, -0.25) is 9.59 Å². The van der Waals surface area contributed by atoms with Crippen molar-refractivity contribution in [3.8, 4) is 0 Å². The van der Waals surface area contributed by atoms with E-state index in [-0.39, 0.29) is 17.2 Å². The van der Waals surface area contributed by atoms with Gasteiger partial charge in [-0.1, -0.05) is 19.3 Å². The third-order valence-electron chi connectivity index (χ3n) is 4.71. The molecule has 0 aromatic rings. The summed E-state index contributed by atoms with van der Waals surface area (Å²) in [6, 6.07) is -0.462. The Bertz CT molecular complexity index is 347. The van der Waals surface area contributed by atoms with E-state index < -0.39 is 6.04 Å². The molecule has 0 aliphatic heterocycles. The normalized spacial score (nSPS) is 18.9. The fourth-order valence-electron chi connectivity index (χ4n) is 3.26. The third kappa shape index (κ3) is 4.99. The first-order valence-corrected chi connectivity index (χ1v) is 8.26. The van der Waals surface area contributed by atoms with E-state index in [9.17, 15) is 9.59 Å². The van der Waals surface area contributed by atoms with E-state index >= 15 is 0 Å². The number of nitrogens with two attached hydrogens (primary N) is 1. The van der Waals surface area contributed by atoms with E-state index in [0.717, 1.165) is 25.7 Å².